The van der Waals surface area contributed by atoms with E-state index in [2.05, 4.69) is 28.7 Å². The molecule has 0 saturated carbocycles. The first-order valence-electron chi connectivity index (χ1n) is 13.6. The number of amides is 1. The van der Waals surface area contributed by atoms with Crippen molar-refractivity contribution in [2.24, 2.45) is 10.9 Å². The van der Waals surface area contributed by atoms with Crippen molar-refractivity contribution in [3.05, 3.63) is 59.7 Å². The fraction of sp³-hybridized carbons (Fsp3) is 0.483. The summed E-state index contributed by atoms with van der Waals surface area (Å²) in [6.07, 6.45) is 0.430. The maximum absolute atomic E-state index is 13.6. The smallest absolute Gasteiger partial charge is 0.474 e. The van der Waals surface area contributed by atoms with Crippen molar-refractivity contribution >= 4 is 23.4 Å². The second kappa shape index (κ2) is 12.7. The number of benzene rings is 2. The number of oxime groups is 1. The average Bonchev–Trinajstić information content (AvgIpc) is 2.93. The van der Waals surface area contributed by atoms with Crippen LogP contribution in [0.15, 0.2) is 53.7 Å². The van der Waals surface area contributed by atoms with Gasteiger partial charge in [-0.2, -0.15) is 13.2 Å². The van der Waals surface area contributed by atoms with Crippen LogP contribution in [0.4, 0.5) is 18.9 Å². The predicted octanol–water partition coefficient (Wildman–Crippen LogP) is 5.31. The van der Waals surface area contributed by atoms with Crippen LogP contribution in [-0.2, 0) is 14.4 Å². The van der Waals surface area contributed by atoms with Crippen molar-refractivity contribution in [2.45, 2.75) is 76.7 Å². The van der Waals surface area contributed by atoms with Crippen molar-refractivity contribution in [3.8, 4) is 5.75 Å². The van der Waals surface area contributed by atoms with Crippen LogP contribution in [0.1, 0.15) is 69.6 Å². The second-order valence-electron chi connectivity index (χ2n) is 10.4. The van der Waals surface area contributed by atoms with Gasteiger partial charge in [0.05, 0.1) is 5.69 Å². The number of rotatable bonds is 9. The van der Waals surface area contributed by atoms with E-state index in [0.29, 0.717) is 35.6 Å². The van der Waals surface area contributed by atoms with Crippen LogP contribution >= 0.6 is 0 Å². The summed E-state index contributed by atoms with van der Waals surface area (Å²) < 4.78 is 43.3. The second-order valence-corrected chi connectivity index (χ2v) is 10.4. The van der Waals surface area contributed by atoms with E-state index in [1.54, 1.807) is 23.1 Å². The van der Waals surface area contributed by atoms with Crippen LogP contribution < -0.4 is 15.4 Å². The Morgan fingerprint density at radius 2 is 1.75 bits per heavy atom. The minimum atomic E-state index is -5.20. The highest BCUT2D eigenvalue weighted by molar-refractivity contribution is 6.01. The number of fused-ring (bicyclic) bond motifs is 1. The number of anilines is 1. The number of alkyl halides is 3. The first-order chi connectivity index (χ1) is 19.1. The molecule has 2 aromatic rings. The number of ether oxygens (including phenoxy) is 1. The average molecular weight is 561 g/mol. The lowest BCUT2D eigenvalue weighted by atomic mass is 9.97. The van der Waals surface area contributed by atoms with E-state index in [4.69, 9.17) is 10.5 Å². The first-order valence-corrected chi connectivity index (χ1v) is 13.6. The number of carbonyl (C=O) groups is 2. The molecule has 0 bridgehead atoms. The number of nitrogens with two attached hydrogens (primary N) is 1. The highest BCUT2D eigenvalue weighted by Gasteiger charge is 2.42. The monoisotopic (exact) mass is 560 g/mol. The van der Waals surface area contributed by atoms with Gasteiger partial charge in [0.25, 0.3) is 5.91 Å². The summed E-state index contributed by atoms with van der Waals surface area (Å²) in [6, 6.07) is 14.7. The Balaban J connectivity index is 1.43. The van der Waals surface area contributed by atoms with Crippen LogP contribution in [0.25, 0.3) is 0 Å². The lowest BCUT2D eigenvalue weighted by Gasteiger charge is -2.39. The molecule has 2 aromatic carbocycles. The highest BCUT2D eigenvalue weighted by atomic mass is 19.4. The van der Waals surface area contributed by atoms with E-state index >= 15 is 0 Å². The minimum Gasteiger partial charge on any atom is -0.474 e. The molecule has 1 fully saturated rings. The zero-order chi connectivity index (χ0) is 28.9. The lowest BCUT2D eigenvalue weighted by Crippen LogP contribution is -2.44. The molecule has 0 aromatic heterocycles. The van der Waals surface area contributed by atoms with Gasteiger partial charge in [-0.25, -0.2) is 4.79 Å². The van der Waals surface area contributed by atoms with Crippen LogP contribution in [0.2, 0.25) is 0 Å². The van der Waals surface area contributed by atoms with Gasteiger partial charge in [-0.3, -0.25) is 9.69 Å². The van der Waals surface area contributed by atoms with Gasteiger partial charge in [0.1, 0.15) is 5.75 Å². The molecule has 2 heterocycles. The Labute approximate surface area is 231 Å². The highest BCUT2D eigenvalue weighted by Crippen LogP contribution is 2.39. The molecule has 4 rings (SSSR count). The Kier molecular flexibility index (Phi) is 9.34. The van der Waals surface area contributed by atoms with Crippen molar-refractivity contribution < 1.29 is 32.3 Å². The molecule has 1 unspecified atom stereocenters. The van der Waals surface area contributed by atoms with Gasteiger partial charge >= 0.3 is 12.1 Å². The van der Waals surface area contributed by atoms with Crippen molar-refractivity contribution in [1.82, 2.24) is 4.90 Å². The predicted molar refractivity (Wildman–Crippen MR) is 145 cm³/mol. The van der Waals surface area contributed by atoms with Gasteiger partial charge < -0.3 is 20.2 Å². The number of hydrogen-bond acceptors (Lipinski definition) is 6. The minimum absolute atomic E-state index is 0.176. The van der Waals surface area contributed by atoms with E-state index in [1.807, 2.05) is 18.2 Å². The Morgan fingerprint density at radius 1 is 1.05 bits per heavy atom. The van der Waals surface area contributed by atoms with Crippen LogP contribution in [0.5, 0.6) is 5.75 Å². The molecule has 0 aliphatic carbocycles. The first kappa shape index (κ1) is 29.4. The number of amidine groups is 1. The maximum atomic E-state index is 13.6. The molecule has 2 N–H and O–H groups in total. The number of halogens is 3. The number of piperidine rings is 1. The molecular weight excluding hydrogens is 525 g/mol. The van der Waals surface area contributed by atoms with Gasteiger partial charge in [-0.15, -0.1) is 0 Å². The van der Waals surface area contributed by atoms with Gasteiger partial charge in [0, 0.05) is 29.8 Å². The van der Waals surface area contributed by atoms with Gasteiger partial charge in [-0.05, 0) is 64.3 Å². The molecule has 0 radical (unpaired) electrons. The van der Waals surface area contributed by atoms with E-state index in [1.165, 1.54) is 31.4 Å². The summed E-state index contributed by atoms with van der Waals surface area (Å²) in [6.45, 7) is 6.16. The molecule has 0 spiro atoms. The van der Waals surface area contributed by atoms with E-state index < -0.39 is 24.1 Å². The van der Waals surface area contributed by atoms with Crippen molar-refractivity contribution in [3.63, 3.8) is 0 Å². The Bertz CT molecular complexity index is 1230. The molecule has 40 heavy (non-hydrogen) atoms. The van der Waals surface area contributed by atoms with E-state index in [0.717, 1.165) is 25.8 Å². The summed E-state index contributed by atoms with van der Waals surface area (Å²) in [5, 5.41) is 3.10. The maximum Gasteiger partial charge on any atom is 0.493 e. The third kappa shape index (κ3) is 6.93. The fourth-order valence-electron chi connectivity index (χ4n) is 5.37. The summed E-state index contributed by atoms with van der Waals surface area (Å²) in [4.78, 5) is 32.8. The number of carbonyl (C=O) groups excluding carboxylic acids is 2. The number of nitrogens with zero attached hydrogens (tertiary/aromatic N) is 3. The van der Waals surface area contributed by atoms with Crippen molar-refractivity contribution in [1.29, 1.82) is 0 Å². The number of hydrogen-bond donors (Lipinski definition) is 1. The lowest BCUT2D eigenvalue weighted by molar-refractivity contribution is -0.199. The standard InChI is InChI=1S/C29H35F3N4O4/c1-19-10-8-11-20(2)35(19)16-6-3-7-17-36-23-14-4-5-15-24(23)39-25(27(36)37)21-12-9-13-22(18-21)26(33)34-40-28(38)29(30,31)32/h4-5,9,12-15,18-20,25H,3,6-8,10-11,16-17H2,1-2H3,(H2,33,34)/t19-,20+,25?. The van der Waals surface area contributed by atoms with E-state index in [9.17, 15) is 22.8 Å². The van der Waals surface area contributed by atoms with Gasteiger partial charge in [0.15, 0.2) is 5.84 Å². The molecule has 11 heteroatoms. The molecule has 2 aliphatic heterocycles. The van der Waals surface area contributed by atoms with Crippen LogP contribution in [0, 0.1) is 0 Å². The largest absolute Gasteiger partial charge is 0.493 e. The number of para-hydroxylation sites is 2. The number of unbranched alkanes of at least 4 members (excludes halogenated alkanes) is 2. The molecule has 2 aliphatic rings. The molecule has 3 atom stereocenters. The topological polar surface area (TPSA) is 97.5 Å². The van der Waals surface area contributed by atoms with E-state index in [-0.39, 0.29) is 11.5 Å². The molecule has 8 nitrogen and oxygen atoms in total. The Hall–Kier alpha value is -3.60. The molecule has 1 saturated heterocycles. The quantitative estimate of drug-likeness (QED) is 0.147. The zero-order valence-corrected chi connectivity index (χ0v) is 22.7. The van der Waals surface area contributed by atoms with Crippen LogP contribution in [0.3, 0.4) is 0 Å². The molecule has 216 valence electrons. The summed E-state index contributed by atoms with van der Waals surface area (Å²) in [5.74, 6) is -2.63. The summed E-state index contributed by atoms with van der Waals surface area (Å²) >= 11 is 0. The van der Waals surface area contributed by atoms with Crippen LogP contribution in [-0.4, -0.2) is 54.0 Å². The summed E-state index contributed by atoms with van der Waals surface area (Å²) in [7, 11) is 0. The fourth-order valence-corrected chi connectivity index (χ4v) is 5.37. The zero-order valence-electron chi connectivity index (χ0n) is 22.7. The van der Waals surface area contributed by atoms with Gasteiger partial charge in [-0.1, -0.05) is 48.3 Å². The Morgan fingerprint density at radius 3 is 2.48 bits per heavy atom. The van der Waals surface area contributed by atoms with Crippen molar-refractivity contribution in [2.75, 3.05) is 18.0 Å². The SMILES string of the molecule is C[C@@H]1CCC[C@H](C)N1CCCCCN1C(=O)C(c2cccc(C(N)=NOC(=O)C(F)(F)F)c2)Oc2ccccc21. The third-order valence-electron chi connectivity index (χ3n) is 7.51. The third-order valence-corrected chi connectivity index (χ3v) is 7.51. The number of likely N-dealkylation sites (tertiary alicyclic amines) is 1. The molecular formula is C29H35F3N4O4. The summed E-state index contributed by atoms with van der Waals surface area (Å²) in [5.41, 5.74) is 7.06. The normalized spacial score (nSPS) is 22.0. The molecule has 1 amide bonds. The van der Waals surface area contributed by atoms with Gasteiger partial charge in [0.2, 0.25) is 6.10 Å².